The number of benzene rings is 1. The van der Waals surface area contributed by atoms with Gasteiger partial charge in [0.1, 0.15) is 12.6 Å². The van der Waals surface area contributed by atoms with Crippen LogP contribution < -0.4 is 5.32 Å². The number of aliphatic hydroxyl groups excluding tert-OH is 1. The average Bonchev–Trinajstić information content (AvgIpc) is 2.34. The molecule has 0 unspecified atom stereocenters. The molecule has 0 spiro atoms. The highest BCUT2D eigenvalue weighted by Gasteiger charge is 2.19. The minimum absolute atomic E-state index is 0.122. The standard InChI is InChI=1S/C13H19NO3/c1-10(2)14-12(8-15)13(16)17-9-11-6-4-3-5-7-11/h3-7,10,12,14-15H,8-9H2,1-2H3/t12-/m0/s1. The Kier molecular flexibility index (Phi) is 5.66. The Balaban J connectivity index is 2.42. The Morgan fingerprint density at radius 1 is 1.35 bits per heavy atom. The van der Waals surface area contributed by atoms with Crippen molar-refractivity contribution in [2.24, 2.45) is 0 Å². The minimum Gasteiger partial charge on any atom is -0.460 e. The van der Waals surface area contributed by atoms with E-state index in [-0.39, 0.29) is 19.3 Å². The summed E-state index contributed by atoms with van der Waals surface area (Å²) in [5, 5.41) is 12.0. The predicted octanol–water partition coefficient (Wildman–Crippen LogP) is 1.09. The normalized spacial score (nSPS) is 12.5. The molecule has 0 aromatic heterocycles. The molecule has 1 atom stereocenters. The molecular weight excluding hydrogens is 218 g/mol. The van der Waals surface area contributed by atoms with Crippen molar-refractivity contribution in [3.63, 3.8) is 0 Å². The fourth-order valence-corrected chi connectivity index (χ4v) is 1.43. The molecule has 94 valence electrons. The molecule has 0 bridgehead atoms. The second-order valence-corrected chi connectivity index (χ2v) is 4.15. The van der Waals surface area contributed by atoms with E-state index in [9.17, 15) is 4.79 Å². The van der Waals surface area contributed by atoms with Crippen LogP contribution in [0.3, 0.4) is 0 Å². The van der Waals surface area contributed by atoms with Crippen LogP contribution in [0.1, 0.15) is 19.4 Å². The van der Waals surface area contributed by atoms with E-state index in [0.717, 1.165) is 5.56 Å². The zero-order valence-electron chi connectivity index (χ0n) is 10.2. The Morgan fingerprint density at radius 2 is 2.00 bits per heavy atom. The number of carbonyl (C=O) groups is 1. The van der Waals surface area contributed by atoms with Gasteiger partial charge >= 0.3 is 5.97 Å². The molecule has 0 fully saturated rings. The molecule has 1 rings (SSSR count). The van der Waals surface area contributed by atoms with E-state index in [1.165, 1.54) is 0 Å². The van der Waals surface area contributed by atoms with Gasteiger partial charge in [-0.1, -0.05) is 44.2 Å². The van der Waals surface area contributed by atoms with Gasteiger partial charge in [-0.15, -0.1) is 0 Å². The monoisotopic (exact) mass is 237 g/mol. The lowest BCUT2D eigenvalue weighted by Gasteiger charge is -2.17. The topological polar surface area (TPSA) is 58.6 Å². The lowest BCUT2D eigenvalue weighted by atomic mass is 10.2. The lowest BCUT2D eigenvalue weighted by Crippen LogP contribution is -2.44. The molecule has 0 aliphatic rings. The summed E-state index contributed by atoms with van der Waals surface area (Å²) in [6, 6.07) is 8.92. The SMILES string of the molecule is CC(C)N[C@@H](CO)C(=O)OCc1ccccc1. The van der Waals surface area contributed by atoms with Gasteiger partial charge in [0, 0.05) is 6.04 Å². The number of hydrogen-bond acceptors (Lipinski definition) is 4. The highest BCUT2D eigenvalue weighted by atomic mass is 16.5. The molecular formula is C13H19NO3. The molecule has 4 heteroatoms. The first-order chi connectivity index (χ1) is 8.13. The number of carbonyl (C=O) groups excluding carboxylic acids is 1. The van der Waals surface area contributed by atoms with Gasteiger partial charge in [-0.3, -0.25) is 4.79 Å². The Bertz CT molecular complexity index is 338. The molecule has 0 aliphatic heterocycles. The summed E-state index contributed by atoms with van der Waals surface area (Å²) < 4.78 is 5.12. The summed E-state index contributed by atoms with van der Waals surface area (Å²) in [6.07, 6.45) is 0. The van der Waals surface area contributed by atoms with Crippen LogP contribution in [-0.4, -0.2) is 29.8 Å². The van der Waals surface area contributed by atoms with Gasteiger partial charge in [0.15, 0.2) is 0 Å². The molecule has 1 aromatic rings. The third kappa shape index (κ3) is 4.97. The Morgan fingerprint density at radius 3 is 2.53 bits per heavy atom. The van der Waals surface area contributed by atoms with E-state index in [1.54, 1.807) is 0 Å². The third-order valence-corrected chi connectivity index (χ3v) is 2.23. The van der Waals surface area contributed by atoms with Crippen LogP contribution in [0.25, 0.3) is 0 Å². The number of rotatable bonds is 6. The average molecular weight is 237 g/mol. The minimum atomic E-state index is -0.654. The van der Waals surface area contributed by atoms with Crippen LogP contribution in [0, 0.1) is 0 Å². The van der Waals surface area contributed by atoms with Gasteiger partial charge in [-0.25, -0.2) is 0 Å². The van der Waals surface area contributed by atoms with Crippen molar-refractivity contribution in [3.8, 4) is 0 Å². The Labute approximate surface area is 102 Å². The maximum Gasteiger partial charge on any atom is 0.325 e. The number of nitrogens with one attached hydrogen (secondary N) is 1. The van der Waals surface area contributed by atoms with Crippen molar-refractivity contribution in [2.75, 3.05) is 6.61 Å². The van der Waals surface area contributed by atoms with Gasteiger partial charge in [0.2, 0.25) is 0 Å². The van der Waals surface area contributed by atoms with Crippen LogP contribution in [-0.2, 0) is 16.1 Å². The fraction of sp³-hybridized carbons (Fsp3) is 0.462. The first kappa shape index (κ1) is 13.7. The van der Waals surface area contributed by atoms with E-state index in [2.05, 4.69) is 5.32 Å². The quantitative estimate of drug-likeness (QED) is 0.727. The van der Waals surface area contributed by atoms with E-state index in [4.69, 9.17) is 9.84 Å². The van der Waals surface area contributed by atoms with E-state index in [1.807, 2.05) is 44.2 Å². The van der Waals surface area contributed by atoms with Crippen molar-refractivity contribution < 1.29 is 14.6 Å². The summed E-state index contributed by atoms with van der Waals surface area (Å²) in [7, 11) is 0. The van der Waals surface area contributed by atoms with Gasteiger partial charge < -0.3 is 15.2 Å². The first-order valence-electron chi connectivity index (χ1n) is 5.71. The molecule has 0 saturated carbocycles. The first-order valence-corrected chi connectivity index (χ1v) is 5.71. The second-order valence-electron chi connectivity index (χ2n) is 4.15. The number of esters is 1. The molecule has 0 amide bonds. The van der Waals surface area contributed by atoms with E-state index >= 15 is 0 Å². The summed E-state index contributed by atoms with van der Waals surface area (Å²) in [4.78, 5) is 11.6. The number of hydrogen-bond donors (Lipinski definition) is 2. The van der Waals surface area contributed by atoms with Crippen molar-refractivity contribution in [2.45, 2.75) is 32.5 Å². The van der Waals surface area contributed by atoms with E-state index < -0.39 is 12.0 Å². The molecule has 4 nitrogen and oxygen atoms in total. The predicted molar refractivity (Wildman–Crippen MR) is 65.4 cm³/mol. The lowest BCUT2D eigenvalue weighted by molar-refractivity contribution is -0.148. The van der Waals surface area contributed by atoms with Gasteiger partial charge in [0.25, 0.3) is 0 Å². The zero-order chi connectivity index (χ0) is 12.7. The van der Waals surface area contributed by atoms with Crippen LogP contribution in [0.2, 0.25) is 0 Å². The molecule has 1 aromatic carbocycles. The molecule has 0 radical (unpaired) electrons. The van der Waals surface area contributed by atoms with E-state index in [0.29, 0.717) is 0 Å². The summed E-state index contributed by atoms with van der Waals surface area (Å²) >= 11 is 0. The summed E-state index contributed by atoms with van der Waals surface area (Å²) in [6.45, 7) is 3.79. The number of aliphatic hydroxyl groups is 1. The van der Waals surface area contributed by atoms with Crippen LogP contribution in [0.4, 0.5) is 0 Å². The second kappa shape index (κ2) is 7.04. The zero-order valence-corrected chi connectivity index (χ0v) is 10.2. The van der Waals surface area contributed by atoms with Gasteiger partial charge in [-0.05, 0) is 5.56 Å². The van der Waals surface area contributed by atoms with Gasteiger partial charge in [0.05, 0.1) is 6.61 Å². The van der Waals surface area contributed by atoms with Crippen LogP contribution >= 0.6 is 0 Å². The van der Waals surface area contributed by atoms with Gasteiger partial charge in [-0.2, -0.15) is 0 Å². The number of ether oxygens (including phenoxy) is 1. The van der Waals surface area contributed by atoms with Crippen molar-refractivity contribution in [3.05, 3.63) is 35.9 Å². The maximum atomic E-state index is 11.6. The highest BCUT2D eigenvalue weighted by molar-refractivity contribution is 5.75. The molecule has 0 saturated heterocycles. The largest absolute Gasteiger partial charge is 0.460 e. The summed E-state index contributed by atoms with van der Waals surface area (Å²) in [5.41, 5.74) is 0.932. The van der Waals surface area contributed by atoms with Crippen molar-refractivity contribution in [1.29, 1.82) is 0 Å². The smallest absolute Gasteiger partial charge is 0.325 e. The molecule has 2 N–H and O–H groups in total. The van der Waals surface area contributed by atoms with Crippen LogP contribution in [0.15, 0.2) is 30.3 Å². The highest BCUT2D eigenvalue weighted by Crippen LogP contribution is 2.02. The fourth-order valence-electron chi connectivity index (χ4n) is 1.43. The Hall–Kier alpha value is -1.39. The van der Waals surface area contributed by atoms with Crippen LogP contribution in [0.5, 0.6) is 0 Å². The molecule has 0 heterocycles. The molecule has 17 heavy (non-hydrogen) atoms. The summed E-state index contributed by atoms with van der Waals surface area (Å²) in [5.74, 6) is -0.426. The third-order valence-electron chi connectivity index (χ3n) is 2.23. The molecule has 0 aliphatic carbocycles. The maximum absolute atomic E-state index is 11.6. The van der Waals surface area contributed by atoms with Crippen molar-refractivity contribution in [1.82, 2.24) is 5.32 Å². The van der Waals surface area contributed by atoms with Crippen molar-refractivity contribution >= 4 is 5.97 Å².